The van der Waals surface area contributed by atoms with Crippen molar-refractivity contribution in [3.8, 4) is 0 Å². The number of carbonyl (C=O) groups excluding carboxylic acids is 1. The number of ether oxygens (including phenoxy) is 1. The molecule has 3 rings (SSSR count). The smallest absolute Gasteiger partial charge is 0.334 e. The van der Waals surface area contributed by atoms with E-state index in [1.54, 1.807) is 6.20 Å². The highest BCUT2D eigenvalue weighted by Crippen LogP contribution is 2.21. The molecule has 21 heavy (non-hydrogen) atoms. The number of carboxylic acids is 1. The topological polar surface area (TPSA) is 79.7 Å². The second kappa shape index (κ2) is 5.81. The average molecular weight is 290 g/mol. The van der Waals surface area contributed by atoms with Crippen LogP contribution in [-0.4, -0.2) is 52.7 Å². The fraction of sp³-hybridized carbons (Fsp3) is 0.533. The molecule has 0 bridgehead atoms. The van der Waals surface area contributed by atoms with Crippen molar-refractivity contribution in [3.05, 3.63) is 29.1 Å². The van der Waals surface area contributed by atoms with Gasteiger partial charge in [0, 0.05) is 18.4 Å². The van der Waals surface area contributed by atoms with Crippen molar-refractivity contribution in [1.29, 1.82) is 0 Å². The molecule has 1 amide bonds. The van der Waals surface area contributed by atoms with Gasteiger partial charge in [-0.25, -0.2) is 4.79 Å². The Kier molecular flexibility index (Phi) is 3.88. The van der Waals surface area contributed by atoms with E-state index in [-0.39, 0.29) is 19.1 Å². The van der Waals surface area contributed by atoms with Crippen molar-refractivity contribution in [2.75, 3.05) is 19.7 Å². The summed E-state index contributed by atoms with van der Waals surface area (Å²) in [4.78, 5) is 29.4. The summed E-state index contributed by atoms with van der Waals surface area (Å²) in [6.07, 6.45) is 4.89. The van der Waals surface area contributed by atoms with E-state index in [4.69, 9.17) is 9.84 Å². The molecule has 1 saturated heterocycles. The lowest BCUT2D eigenvalue weighted by Gasteiger charge is -2.31. The Labute approximate surface area is 122 Å². The molecule has 1 aliphatic carbocycles. The molecule has 2 aliphatic rings. The van der Waals surface area contributed by atoms with E-state index in [2.05, 4.69) is 4.98 Å². The van der Waals surface area contributed by atoms with Gasteiger partial charge in [0.1, 0.15) is 0 Å². The van der Waals surface area contributed by atoms with E-state index in [0.717, 1.165) is 36.9 Å². The molecule has 0 radical (unpaired) electrons. The van der Waals surface area contributed by atoms with E-state index < -0.39 is 12.1 Å². The maximum Gasteiger partial charge on any atom is 0.334 e. The Morgan fingerprint density at radius 1 is 1.33 bits per heavy atom. The molecule has 0 aromatic carbocycles. The molecule has 0 spiro atoms. The lowest BCUT2D eigenvalue weighted by molar-refractivity contribution is -0.154. The number of pyridine rings is 1. The van der Waals surface area contributed by atoms with Gasteiger partial charge >= 0.3 is 5.97 Å². The molecule has 1 fully saturated rings. The SMILES string of the molecule is O=C(O)[C@@H]1CN(C(=O)c2cnc3c(c2)CCCC3)CCO1. The predicted octanol–water partition coefficient (Wildman–Crippen LogP) is 0.886. The van der Waals surface area contributed by atoms with Gasteiger partial charge in [-0.3, -0.25) is 9.78 Å². The first-order valence-corrected chi connectivity index (χ1v) is 7.26. The minimum atomic E-state index is -1.03. The number of fused-ring (bicyclic) bond motifs is 1. The first kappa shape index (κ1) is 14.0. The highest BCUT2D eigenvalue weighted by atomic mass is 16.5. The maximum absolute atomic E-state index is 12.5. The zero-order valence-electron chi connectivity index (χ0n) is 11.7. The number of hydrogen-bond acceptors (Lipinski definition) is 4. The van der Waals surface area contributed by atoms with Crippen molar-refractivity contribution in [2.24, 2.45) is 0 Å². The number of aliphatic carboxylic acids is 1. The zero-order valence-corrected chi connectivity index (χ0v) is 11.7. The van der Waals surface area contributed by atoms with Crippen LogP contribution < -0.4 is 0 Å². The minimum Gasteiger partial charge on any atom is -0.479 e. The van der Waals surface area contributed by atoms with Crippen molar-refractivity contribution in [2.45, 2.75) is 31.8 Å². The molecule has 1 aliphatic heterocycles. The van der Waals surface area contributed by atoms with Crippen LogP contribution in [0.1, 0.15) is 34.5 Å². The van der Waals surface area contributed by atoms with E-state index >= 15 is 0 Å². The van der Waals surface area contributed by atoms with Crippen molar-refractivity contribution >= 4 is 11.9 Å². The second-order valence-electron chi connectivity index (χ2n) is 5.49. The standard InChI is InChI=1S/C15H18N2O4/c18-14(17-5-6-21-13(9-17)15(19)20)11-7-10-3-1-2-4-12(10)16-8-11/h7-8,13H,1-6,9H2,(H,19,20)/t13-/m0/s1. The normalized spacial score (nSPS) is 21.7. The Balaban J connectivity index is 1.77. The third kappa shape index (κ3) is 2.90. The number of rotatable bonds is 2. The summed E-state index contributed by atoms with van der Waals surface area (Å²) in [6.45, 7) is 0.756. The first-order chi connectivity index (χ1) is 10.1. The molecule has 6 nitrogen and oxygen atoms in total. The van der Waals surface area contributed by atoms with Crippen molar-refractivity contribution in [3.63, 3.8) is 0 Å². The summed E-state index contributed by atoms with van der Waals surface area (Å²) in [6, 6.07) is 1.91. The number of carboxylic acid groups (broad SMARTS) is 1. The predicted molar refractivity (Wildman–Crippen MR) is 74.2 cm³/mol. The van der Waals surface area contributed by atoms with E-state index in [9.17, 15) is 9.59 Å². The fourth-order valence-corrected chi connectivity index (χ4v) is 2.87. The summed E-state index contributed by atoms with van der Waals surface area (Å²) < 4.78 is 5.14. The van der Waals surface area contributed by atoms with Crippen molar-refractivity contribution < 1.29 is 19.4 Å². The maximum atomic E-state index is 12.5. The van der Waals surface area contributed by atoms with Gasteiger partial charge in [-0.1, -0.05) is 0 Å². The number of aromatic nitrogens is 1. The molecule has 1 aromatic rings. The van der Waals surface area contributed by atoms with Gasteiger partial charge in [0.15, 0.2) is 6.10 Å². The first-order valence-electron chi connectivity index (χ1n) is 7.26. The molecule has 112 valence electrons. The molecular formula is C15H18N2O4. The average Bonchev–Trinajstić information content (AvgIpc) is 2.53. The lowest BCUT2D eigenvalue weighted by Crippen LogP contribution is -2.48. The van der Waals surface area contributed by atoms with E-state index in [1.807, 2.05) is 6.07 Å². The third-order valence-corrected chi connectivity index (χ3v) is 4.05. The Morgan fingerprint density at radius 3 is 2.95 bits per heavy atom. The van der Waals surface area contributed by atoms with E-state index in [1.165, 1.54) is 4.90 Å². The third-order valence-electron chi connectivity index (χ3n) is 4.05. The van der Waals surface area contributed by atoms with Crippen LogP contribution in [0.5, 0.6) is 0 Å². The molecule has 0 unspecified atom stereocenters. The monoisotopic (exact) mass is 290 g/mol. The Bertz CT molecular complexity index is 573. The number of hydrogen-bond donors (Lipinski definition) is 1. The van der Waals surface area contributed by atoms with Gasteiger partial charge in [-0.15, -0.1) is 0 Å². The van der Waals surface area contributed by atoms with Crippen molar-refractivity contribution in [1.82, 2.24) is 9.88 Å². The second-order valence-corrected chi connectivity index (χ2v) is 5.49. The summed E-state index contributed by atoms with van der Waals surface area (Å²) >= 11 is 0. The number of carbonyl (C=O) groups is 2. The van der Waals surface area contributed by atoms with Crippen LogP contribution in [-0.2, 0) is 22.4 Å². The molecule has 2 heterocycles. The minimum absolute atomic E-state index is 0.0885. The molecular weight excluding hydrogens is 272 g/mol. The number of amides is 1. The van der Waals surface area contributed by atoms with Crippen LogP contribution in [0.3, 0.4) is 0 Å². The Hall–Kier alpha value is -1.95. The number of aryl methyl sites for hydroxylation is 2. The quantitative estimate of drug-likeness (QED) is 0.875. The molecule has 1 N–H and O–H groups in total. The van der Waals surface area contributed by atoms with Crippen LogP contribution in [0.25, 0.3) is 0 Å². The van der Waals surface area contributed by atoms with Crippen LogP contribution in [0.15, 0.2) is 12.3 Å². The number of morpholine rings is 1. The summed E-state index contributed by atoms with van der Waals surface area (Å²) in [5.41, 5.74) is 2.78. The van der Waals surface area contributed by atoms with Crippen LogP contribution in [0.4, 0.5) is 0 Å². The van der Waals surface area contributed by atoms with Crippen LogP contribution >= 0.6 is 0 Å². The van der Waals surface area contributed by atoms with Gasteiger partial charge in [-0.2, -0.15) is 0 Å². The Morgan fingerprint density at radius 2 is 2.14 bits per heavy atom. The van der Waals surface area contributed by atoms with Crippen LogP contribution in [0, 0.1) is 0 Å². The summed E-state index contributed by atoms with van der Waals surface area (Å²) in [7, 11) is 0. The summed E-state index contributed by atoms with van der Waals surface area (Å²) in [5, 5.41) is 8.99. The van der Waals surface area contributed by atoms with E-state index in [0.29, 0.717) is 12.1 Å². The summed E-state index contributed by atoms with van der Waals surface area (Å²) in [5.74, 6) is -1.19. The van der Waals surface area contributed by atoms with Gasteiger partial charge in [0.2, 0.25) is 0 Å². The zero-order chi connectivity index (χ0) is 14.8. The molecule has 6 heteroatoms. The molecule has 1 aromatic heterocycles. The number of nitrogens with zero attached hydrogens (tertiary/aromatic N) is 2. The highest BCUT2D eigenvalue weighted by Gasteiger charge is 2.29. The fourth-order valence-electron chi connectivity index (χ4n) is 2.87. The van der Waals surface area contributed by atoms with Gasteiger partial charge in [0.05, 0.1) is 18.7 Å². The lowest BCUT2D eigenvalue weighted by atomic mass is 9.95. The van der Waals surface area contributed by atoms with Gasteiger partial charge in [0.25, 0.3) is 5.91 Å². The molecule has 1 atom stereocenters. The molecule has 0 saturated carbocycles. The largest absolute Gasteiger partial charge is 0.479 e. The highest BCUT2D eigenvalue weighted by molar-refractivity contribution is 5.94. The van der Waals surface area contributed by atoms with Crippen LogP contribution in [0.2, 0.25) is 0 Å². The van der Waals surface area contributed by atoms with Gasteiger partial charge < -0.3 is 14.7 Å². The van der Waals surface area contributed by atoms with Gasteiger partial charge in [-0.05, 0) is 37.3 Å².